The van der Waals surface area contributed by atoms with Crippen LogP contribution >= 0.6 is 27.5 Å². The van der Waals surface area contributed by atoms with E-state index in [-0.39, 0.29) is 23.9 Å². The van der Waals surface area contributed by atoms with Crippen LogP contribution in [0.25, 0.3) is 5.82 Å². The molecule has 0 spiro atoms. The van der Waals surface area contributed by atoms with E-state index in [1.165, 1.54) is 18.0 Å². The molecule has 0 unspecified atom stereocenters. The largest absolute Gasteiger partial charge is 0.496 e. The van der Waals surface area contributed by atoms with Crippen molar-refractivity contribution in [2.45, 2.75) is 26.0 Å². The minimum Gasteiger partial charge on any atom is -0.496 e. The molecule has 1 saturated heterocycles. The Morgan fingerprint density at radius 1 is 1.27 bits per heavy atom. The Kier molecular flexibility index (Phi) is 8.57. The number of amides is 1. The predicted molar refractivity (Wildman–Crippen MR) is 150 cm³/mol. The van der Waals surface area contributed by atoms with Gasteiger partial charge in [-0.3, -0.25) is 9.69 Å². The lowest BCUT2D eigenvalue weighted by Crippen LogP contribution is -2.26. The third-order valence-corrected chi connectivity index (χ3v) is 7.25. The number of anilines is 1. The highest BCUT2D eigenvalue weighted by atomic mass is 79.9. The van der Waals surface area contributed by atoms with Gasteiger partial charge in [0.25, 0.3) is 5.91 Å². The second kappa shape index (κ2) is 12.4. The van der Waals surface area contributed by atoms with Gasteiger partial charge in [-0.2, -0.15) is 9.78 Å². The Bertz CT molecular complexity index is 1530. The van der Waals surface area contributed by atoms with Crippen LogP contribution in [0, 0.1) is 0 Å². The SMILES string of the molecule is COc1cc(OCc2ccccc2Cl)cc(Br)c1/C=N\NC(=O)c1c(CN2CCCC2)nnn1-c1nonc1N. The molecule has 0 radical (unpaired) electrons. The maximum atomic E-state index is 13.3. The number of carbonyl (C=O) groups is 1. The van der Waals surface area contributed by atoms with Gasteiger partial charge < -0.3 is 15.2 Å². The molecule has 4 aromatic rings. The second-order valence-corrected chi connectivity index (χ2v) is 10.1. The number of nitrogens with zero attached hydrogens (tertiary/aromatic N) is 7. The normalized spacial score (nSPS) is 13.7. The summed E-state index contributed by atoms with van der Waals surface area (Å²) in [5, 5.41) is 20.4. The van der Waals surface area contributed by atoms with Gasteiger partial charge >= 0.3 is 0 Å². The molecule has 3 N–H and O–H groups in total. The van der Waals surface area contributed by atoms with Gasteiger partial charge in [-0.15, -0.1) is 5.10 Å². The van der Waals surface area contributed by atoms with E-state index >= 15 is 0 Å². The summed E-state index contributed by atoms with van der Waals surface area (Å²) in [4.78, 5) is 15.5. The van der Waals surface area contributed by atoms with E-state index < -0.39 is 5.91 Å². The molecule has 2 aromatic heterocycles. The molecule has 1 amide bonds. The molecule has 40 heavy (non-hydrogen) atoms. The van der Waals surface area contributed by atoms with Crippen molar-refractivity contribution in [1.29, 1.82) is 0 Å². The van der Waals surface area contributed by atoms with E-state index in [1.807, 2.05) is 18.2 Å². The van der Waals surface area contributed by atoms with Crippen LogP contribution in [0.1, 0.15) is 40.2 Å². The molecule has 208 valence electrons. The number of carbonyl (C=O) groups excluding carboxylic acids is 1. The number of likely N-dealkylation sites (tertiary alicyclic amines) is 1. The zero-order valence-corrected chi connectivity index (χ0v) is 23.7. The smallest absolute Gasteiger partial charge is 0.292 e. The van der Waals surface area contributed by atoms with E-state index in [1.54, 1.807) is 18.2 Å². The fraction of sp³-hybridized carbons (Fsp3) is 0.280. The van der Waals surface area contributed by atoms with Crippen molar-refractivity contribution < 1.29 is 18.9 Å². The van der Waals surface area contributed by atoms with Crippen LogP contribution in [-0.4, -0.2) is 62.5 Å². The number of nitrogen functional groups attached to an aromatic ring is 1. The molecule has 3 heterocycles. The molecule has 2 aromatic carbocycles. The number of ether oxygens (including phenoxy) is 2. The number of halogens is 2. The molecule has 13 nitrogen and oxygen atoms in total. The van der Waals surface area contributed by atoms with Gasteiger partial charge in [-0.1, -0.05) is 35.0 Å². The van der Waals surface area contributed by atoms with E-state index in [4.69, 9.17) is 31.4 Å². The Morgan fingerprint density at radius 2 is 2.08 bits per heavy atom. The first-order valence-electron chi connectivity index (χ1n) is 12.3. The lowest BCUT2D eigenvalue weighted by molar-refractivity contribution is 0.0945. The lowest BCUT2D eigenvalue weighted by Gasteiger charge is -2.13. The first kappa shape index (κ1) is 27.6. The van der Waals surface area contributed by atoms with Crippen molar-refractivity contribution in [2.24, 2.45) is 5.10 Å². The monoisotopic (exact) mass is 629 g/mol. The summed E-state index contributed by atoms with van der Waals surface area (Å²) in [5.74, 6) is 0.508. The summed E-state index contributed by atoms with van der Waals surface area (Å²) >= 11 is 9.76. The summed E-state index contributed by atoms with van der Waals surface area (Å²) in [6.07, 6.45) is 3.63. The number of hydrazone groups is 1. The highest BCUT2D eigenvalue weighted by molar-refractivity contribution is 9.10. The molecule has 0 saturated carbocycles. The standard InChI is InChI=1S/C25H25BrClN9O4/c1-38-21-11-16(39-14-15-6-2-3-7-19(15)27)10-18(26)17(21)12-29-31-25(37)22-20(13-35-8-4-5-9-35)30-34-36(22)24-23(28)32-40-33-24/h2-3,6-7,10-12H,4-5,8-9,13-14H2,1H3,(H2,28,32)(H,31,37)/b29-12-. The highest BCUT2D eigenvalue weighted by Gasteiger charge is 2.27. The molecule has 5 rings (SSSR count). The zero-order chi connectivity index (χ0) is 28.1. The third-order valence-electron chi connectivity index (χ3n) is 6.22. The van der Waals surface area contributed by atoms with Crippen molar-refractivity contribution >= 4 is 45.5 Å². The topological polar surface area (TPSA) is 159 Å². The fourth-order valence-electron chi connectivity index (χ4n) is 4.22. The summed E-state index contributed by atoms with van der Waals surface area (Å²) in [6, 6.07) is 10.9. The van der Waals surface area contributed by atoms with Gasteiger partial charge in [0.05, 0.1) is 18.9 Å². The van der Waals surface area contributed by atoms with Gasteiger partial charge in [0.15, 0.2) is 5.69 Å². The molecule has 0 aliphatic carbocycles. The molecule has 1 aliphatic heterocycles. The van der Waals surface area contributed by atoms with Gasteiger partial charge in [-0.05, 0) is 64.3 Å². The Labute approximate surface area is 242 Å². The van der Waals surface area contributed by atoms with Crippen molar-refractivity contribution in [3.63, 3.8) is 0 Å². The number of hydrogen-bond donors (Lipinski definition) is 2. The Morgan fingerprint density at radius 3 is 2.80 bits per heavy atom. The number of hydrogen-bond acceptors (Lipinski definition) is 11. The quantitative estimate of drug-likeness (QED) is 0.196. The molecule has 0 bridgehead atoms. The second-order valence-electron chi connectivity index (χ2n) is 8.85. The predicted octanol–water partition coefficient (Wildman–Crippen LogP) is 3.60. The van der Waals surface area contributed by atoms with Crippen LogP contribution in [0.15, 0.2) is 50.6 Å². The van der Waals surface area contributed by atoms with Crippen molar-refractivity contribution in [2.75, 3.05) is 25.9 Å². The van der Waals surface area contributed by atoms with Crippen LogP contribution in [0.2, 0.25) is 5.02 Å². The summed E-state index contributed by atoms with van der Waals surface area (Å²) in [6.45, 7) is 2.54. The first-order valence-corrected chi connectivity index (χ1v) is 13.4. The van der Waals surface area contributed by atoms with Crippen LogP contribution in [0.4, 0.5) is 5.82 Å². The maximum absolute atomic E-state index is 13.3. The van der Waals surface area contributed by atoms with Crippen molar-refractivity contribution in [3.05, 3.63) is 68.4 Å². The minimum atomic E-state index is -0.562. The van der Waals surface area contributed by atoms with E-state index in [9.17, 15) is 4.79 Å². The van der Waals surface area contributed by atoms with E-state index in [0.717, 1.165) is 31.5 Å². The average molecular weight is 631 g/mol. The van der Waals surface area contributed by atoms with Gasteiger partial charge in [-0.25, -0.2) is 10.1 Å². The molecule has 1 fully saturated rings. The number of nitrogens with two attached hydrogens (primary N) is 1. The van der Waals surface area contributed by atoms with Gasteiger partial charge in [0, 0.05) is 27.7 Å². The molecule has 0 atom stereocenters. The summed E-state index contributed by atoms with van der Waals surface area (Å²) in [7, 11) is 1.53. The Hall–Kier alpha value is -4.01. The molecule has 15 heteroatoms. The zero-order valence-electron chi connectivity index (χ0n) is 21.4. The van der Waals surface area contributed by atoms with Gasteiger partial charge in [0.2, 0.25) is 11.6 Å². The van der Waals surface area contributed by atoms with Crippen LogP contribution in [-0.2, 0) is 13.2 Å². The van der Waals surface area contributed by atoms with E-state index in [0.29, 0.717) is 38.8 Å². The number of nitrogens with one attached hydrogen (secondary N) is 1. The number of rotatable bonds is 10. The summed E-state index contributed by atoms with van der Waals surface area (Å²) in [5.41, 5.74) is 10.4. The number of benzene rings is 2. The van der Waals surface area contributed by atoms with E-state index in [2.05, 4.69) is 52.0 Å². The van der Waals surface area contributed by atoms with Crippen LogP contribution < -0.4 is 20.6 Å². The van der Waals surface area contributed by atoms with Crippen molar-refractivity contribution in [1.82, 2.24) is 35.6 Å². The third kappa shape index (κ3) is 6.08. The van der Waals surface area contributed by atoms with Crippen LogP contribution in [0.3, 0.4) is 0 Å². The molecular weight excluding hydrogens is 606 g/mol. The maximum Gasteiger partial charge on any atom is 0.292 e. The number of aromatic nitrogens is 5. The first-order chi connectivity index (χ1) is 19.4. The summed E-state index contributed by atoms with van der Waals surface area (Å²) < 4.78 is 18.0. The highest BCUT2D eigenvalue weighted by Crippen LogP contribution is 2.32. The lowest BCUT2D eigenvalue weighted by atomic mass is 10.2. The van der Waals surface area contributed by atoms with Gasteiger partial charge in [0.1, 0.15) is 23.8 Å². The number of methoxy groups -OCH3 is 1. The van der Waals surface area contributed by atoms with Crippen molar-refractivity contribution in [3.8, 4) is 17.3 Å². The van der Waals surface area contributed by atoms with Crippen LogP contribution in [0.5, 0.6) is 11.5 Å². The average Bonchev–Trinajstić information content (AvgIpc) is 3.71. The fourth-order valence-corrected chi connectivity index (χ4v) is 4.93. The molecule has 1 aliphatic rings. The minimum absolute atomic E-state index is 0.0271. The Balaban J connectivity index is 1.34. The molecular formula is C25H25BrClN9O4.